The van der Waals surface area contributed by atoms with E-state index in [0.717, 1.165) is 23.2 Å². The van der Waals surface area contributed by atoms with Crippen LogP contribution in [0.25, 0.3) is 0 Å². The quantitative estimate of drug-likeness (QED) is 0.742. The van der Waals surface area contributed by atoms with Crippen molar-refractivity contribution in [1.82, 2.24) is 10.4 Å². The van der Waals surface area contributed by atoms with Crippen molar-refractivity contribution in [3.05, 3.63) is 28.8 Å². The molecule has 0 aliphatic heterocycles. The molecule has 1 aromatic carbocycles. The van der Waals surface area contributed by atoms with Crippen molar-refractivity contribution in [2.45, 2.75) is 20.0 Å². The van der Waals surface area contributed by atoms with Crippen LogP contribution in [0.5, 0.6) is 5.75 Å². The van der Waals surface area contributed by atoms with Crippen LogP contribution in [0.1, 0.15) is 16.7 Å². The molecule has 0 bridgehead atoms. The fraction of sp³-hybridized carbons (Fsp3) is 0.500. The molecule has 0 aromatic heterocycles. The molecule has 0 atom stereocenters. The number of phenolic OH excluding ortho intramolecular Hbond substituents is 1. The first-order valence-electron chi connectivity index (χ1n) is 5.26. The summed E-state index contributed by atoms with van der Waals surface area (Å²) in [6.45, 7) is 3.26. The van der Waals surface area contributed by atoms with Gasteiger partial charge >= 0.3 is 0 Å². The molecule has 1 rings (SSSR count). The Hall–Kier alpha value is -1.10. The lowest BCUT2D eigenvalue weighted by atomic mass is 10.0. The van der Waals surface area contributed by atoms with E-state index in [1.54, 1.807) is 7.11 Å². The Labute approximate surface area is 96.8 Å². The number of aromatic hydroxyl groups is 1. The minimum Gasteiger partial charge on any atom is -0.507 e. The van der Waals surface area contributed by atoms with Crippen LogP contribution < -0.4 is 5.48 Å². The Balaban J connectivity index is 2.95. The lowest BCUT2D eigenvalue weighted by molar-refractivity contribution is 0.0861. The van der Waals surface area contributed by atoms with Crippen LogP contribution in [-0.2, 0) is 17.9 Å². The van der Waals surface area contributed by atoms with Gasteiger partial charge in [-0.15, -0.1) is 0 Å². The Bertz CT molecular complexity index is 351. The molecule has 0 unspecified atom stereocenters. The van der Waals surface area contributed by atoms with E-state index in [-0.39, 0.29) is 0 Å². The highest BCUT2D eigenvalue weighted by molar-refractivity contribution is 5.43. The second-order valence-corrected chi connectivity index (χ2v) is 4.19. The molecular weight excluding hydrogens is 204 g/mol. The third-order valence-electron chi connectivity index (χ3n) is 2.31. The van der Waals surface area contributed by atoms with Gasteiger partial charge in [0.15, 0.2) is 0 Å². The molecule has 0 aliphatic carbocycles. The average Bonchev–Trinajstić information content (AvgIpc) is 2.20. The van der Waals surface area contributed by atoms with Crippen LogP contribution in [-0.4, -0.2) is 31.2 Å². The Kier molecular flexibility index (Phi) is 4.73. The van der Waals surface area contributed by atoms with Crippen molar-refractivity contribution in [3.63, 3.8) is 0 Å². The summed E-state index contributed by atoms with van der Waals surface area (Å²) in [5.74, 6) is 0.351. The van der Waals surface area contributed by atoms with Crippen molar-refractivity contribution in [2.24, 2.45) is 0 Å². The standard InChI is InChI=1S/C12H20N2O2/c1-9-5-10(7-13-16-4)12(15)11(6-9)8-14(2)3/h5-6,13,15H,7-8H2,1-4H3. The van der Waals surface area contributed by atoms with E-state index < -0.39 is 0 Å². The number of nitrogens with zero attached hydrogens (tertiary/aromatic N) is 1. The first kappa shape index (κ1) is 13.0. The maximum atomic E-state index is 10.1. The molecule has 0 heterocycles. The van der Waals surface area contributed by atoms with Gasteiger partial charge in [0.1, 0.15) is 5.75 Å². The number of benzene rings is 1. The number of aryl methyl sites for hydroxylation is 1. The molecule has 1 aromatic rings. The zero-order valence-electron chi connectivity index (χ0n) is 10.4. The lowest BCUT2D eigenvalue weighted by Crippen LogP contribution is -2.14. The zero-order valence-corrected chi connectivity index (χ0v) is 10.4. The van der Waals surface area contributed by atoms with Gasteiger partial charge in [-0.3, -0.25) is 0 Å². The number of hydrogen-bond donors (Lipinski definition) is 2. The second kappa shape index (κ2) is 5.84. The first-order chi connectivity index (χ1) is 7.54. The molecule has 0 spiro atoms. The molecule has 0 saturated heterocycles. The second-order valence-electron chi connectivity index (χ2n) is 4.19. The van der Waals surface area contributed by atoms with Crippen LogP contribution in [0.4, 0.5) is 0 Å². The fourth-order valence-corrected chi connectivity index (χ4v) is 1.68. The minimum atomic E-state index is 0.351. The zero-order chi connectivity index (χ0) is 12.1. The van der Waals surface area contributed by atoms with Gasteiger partial charge in [-0.25, -0.2) is 0 Å². The first-order valence-corrected chi connectivity index (χ1v) is 5.26. The minimum absolute atomic E-state index is 0.351. The predicted molar refractivity (Wildman–Crippen MR) is 64.1 cm³/mol. The van der Waals surface area contributed by atoms with E-state index in [0.29, 0.717) is 12.3 Å². The van der Waals surface area contributed by atoms with Crippen LogP contribution >= 0.6 is 0 Å². The van der Waals surface area contributed by atoms with Gasteiger partial charge in [-0.05, 0) is 21.0 Å². The summed E-state index contributed by atoms with van der Waals surface area (Å²) in [6.07, 6.45) is 0. The lowest BCUT2D eigenvalue weighted by Gasteiger charge is -2.15. The molecular formula is C12H20N2O2. The van der Waals surface area contributed by atoms with Crippen molar-refractivity contribution >= 4 is 0 Å². The van der Waals surface area contributed by atoms with Crippen molar-refractivity contribution in [1.29, 1.82) is 0 Å². The third kappa shape index (κ3) is 3.48. The van der Waals surface area contributed by atoms with Gasteiger partial charge in [0.25, 0.3) is 0 Å². The van der Waals surface area contributed by atoms with E-state index >= 15 is 0 Å². The smallest absolute Gasteiger partial charge is 0.124 e. The molecule has 90 valence electrons. The highest BCUT2D eigenvalue weighted by atomic mass is 16.6. The van der Waals surface area contributed by atoms with Gasteiger partial charge in [-0.2, -0.15) is 5.48 Å². The van der Waals surface area contributed by atoms with E-state index in [1.165, 1.54) is 0 Å². The van der Waals surface area contributed by atoms with Gasteiger partial charge in [0.05, 0.1) is 7.11 Å². The van der Waals surface area contributed by atoms with Crippen LogP contribution in [0.3, 0.4) is 0 Å². The number of rotatable bonds is 5. The SMILES string of the molecule is CONCc1cc(C)cc(CN(C)C)c1O. The molecule has 4 heteroatoms. The number of phenols is 1. The molecule has 16 heavy (non-hydrogen) atoms. The highest BCUT2D eigenvalue weighted by Crippen LogP contribution is 2.25. The van der Waals surface area contributed by atoms with Gasteiger partial charge in [0, 0.05) is 24.2 Å². The Morgan fingerprint density at radius 1 is 1.31 bits per heavy atom. The Morgan fingerprint density at radius 3 is 2.50 bits per heavy atom. The predicted octanol–water partition coefficient (Wildman–Crippen LogP) is 1.41. The molecule has 0 amide bonds. The van der Waals surface area contributed by atoms with E-state index in [2.05, 4.69) is 5.48 Å². The normalized spacial score (nSPS) is 11.1. The van der Waals surface area contributed by atoms with Crippen molar-refractivity contribution in [3.8, 4) is 5.75 Å². The summed E-state index contributed by atoms with van der Waals surface area (Å²) in [6, 6.07) is 3.96. The number of hydrogen-bond acceptors (Lipinski definition) is 4. The summed E-state index contributed by atoms with van der Waals surface area (Å²) in [5.41, 5.74) is 5.68. The molecule has 0 radical (unpaired) electrons. The third-order valence-corrected chi connectivity index (χ3v) is 2.31. The molecule has 0 aliphatic rings. The topological polar surface area (TPSA) is 44.7 Å². The molecule has 2 N–H and O–H groups in total. The van der Waals surface area contributed by atoms with E-state index in [1.807, 2.05) is 38.1 Å². The largest absolute Gasteiger partial charge is 0.507 e. The molecule has 0 fully saturated rings. The number of nitrogens with one attached hydrogen (secondary N) is 1. The van der Waals surface area contributed by atoms with Gasteiger partial charge in [0.2, 0.25) is 0 Å². The van der Waals surface area contributed by atoms with Crippen LogP contribution in [0.2, 0.25) is 0 Å². The molecule has 4 nitrogen and oxygen atoms in total. The summed E-state index contributed by atoms with van der Waals surface area (Å²) < 4.78 is 0. The Morgan fingerprint density at radius 2 is 1.94 bits per heavy atom. The number of hydroxylamine groups is 1. The maximum Gasteiger partial charge on any atom is 0.124 e. The monoisotopic (exact) mass is 224 g/mol. The van der Waals surface area contributed by atoms with Gasteiger partial charge in [-0.1, -0.05) is 17.7 Å². The summed E-state index contributed by atoms with van der Waals surface area (Å²) in [5, 5.41) is 10.1. The summed E-state index contributed by atoms with van der Waals surface area (Å²) in [4.78, 5) is 6.82. The maximum absolute atomic E-state index is 10.1. The average molecular weight is 224 g/mol. The summed E-state index contributed by atoms with van der Waals surface area (Å²) in [7, 11) is 5.53. The van der Waals surface area contributed by atoms with Crippen LogP contribution in [0, 0.1) is 6.92 Å². The van der Waals surface area contributed by atoms with Gasteiger partial charge < -0.3 is 14.8 Å². The van der Waals surface area contributed by atoms with E-state index in [4.69, 9.17) is 4.84 Å². The van der Waals surface area contributed by atoms with Crippen molar-refractivity contribution in [2.75, 3.05) is 21.2 Å². The molecule has 0 saturated carbocycles. The fourth-order valence-electron chi connectivity index (χ4n) is 1.68. The van der Waals surface area contributed by atoms with E-state index in [9.17, 15) is 5.11 Å². The summed E-state index contributed by atoms with van der Waals surface area (Å²) >= 11 is 0. The van der Waals surface area contributed by atoms with Crippen molar-refractivity contribution < 1.29 is 9.94 Å². The highest BCUT2D eigenvalue weighted by Gasteiger charge is 2.09. The van der Waals surface area contributed by atoms with Crippen LogP contribution in [0.15, 0.2) is 12.1 Å².